The van der Waals surface area contributed by atoms with Crippen molar-refractivity contribution < 1.29 is 14.3 Å². The Morgan fingerprint density at radius 2 is 1.73 bits per heavy atom. The molecule has 1 aromatic heterocycles. The molecule has 0 saturated carbocycles. The van der Waals surface area contributed by atoms with Gasteiger partial charge >= 0.3 is 0 Å². The first kappa shape index (κ1) is 23.1. The van der Waals surface area contributed by atoms with Gasteiger partial charge in [0.25, 0.3) is 5.91 Å². The number of hydrogen-bond donors (Lipinski definition) is 1. The fourth-order valence-corrected chi connectivity index (χ4v) is 4.21. The molecule has 4 rings (SSSR count). The number of hydrogen-bond acceptors (Lipinski definition) is 4. The van der Waals surface area contributed by atoms with Gasteiger partial charge in [-0.05, 0) is 58.2 Å². The number of methoxy groups -OCH3 is 2. The third kappa shape index (κ3) is 4.82. The molecule has 0 atom stereocenters. The molecule has 3 aromatic carbocycles. The van der Waals surface area contributed by atoms with Gasteiger partial charge in [0, 0.05) is 28.1 Å². The van der Waals surface area contributed by atoms with E-state index in [2.05, 4.69) is 28.2 Å². The van der Waals surface area contributed by atoms with E-state index in [1.807, 2.05) is 48.5 Å². The summed E-state index contributed by atoms with van der Waals surface area (Å²) in [5, 5.41) is 4.41. The molecule has 1 heterocycles. The number of halogens is 2. The predicted octanol–water partition coefficient (Wildman–Crippen LogP) is 7.15. The summed E-state index contributed by atoms with van der Waals surface area (Å²) in [6.45, 7) is 2.08. The molecule has 0 bridgehead atoms. The fraction of sp³-hybridized carbons (Fsp3) is 0.154. The van der Waals surface area contributed by atoms with Crippen LogP contribution in [0.4, 0.5) is 5.69 Å². The van der Waals surface area contributed by atoms with Gasteiger partial charge in [0.15, 0.2) is 0 Å². The quantitative estimate of drug-likeness (QED) is 0.290. The van der Waals surface area contributed by atoms with E-state index < -0.39 is 0 Å². The zero-order chi connectivity index (χ0) is 23.5. The number of benzene rings is 3. The van der Waals surface area contributed by atoms with Crippen molar-refractivity contribution in [3.05, 3.63) is 81.3 Å². The first-order valence-corrected chi connectivity index (χ1v) is 11.5. The average molecular weight is 526 g/mol. The van der Waals surface area contributed by atoms with Gasteiger partial charge in [0.2, 0.25) is 0 Å². The van der Waals surface area contributed by atoms with Crippen LogP contribution in [0.2, 0.25) is 5.02 Å². The summed E-state index contributed by atoms with van der Waals surface area (Å²) >= 11 is 9.50. The zero-order valence-electron chi connectivity index (χ0n) is 18.4. The number of carbonyl (C=O) groups excluding carboxylic acids is 1. The average Bonchev–Trinajstić information content (AvgIpc) is 2.84. The Labute approximate surface area is 205 Å². The highest BCUT2D eigenvalue weighted by molar-refractivity contribution is 9.10. The van der Waals surface area contributed by atoms with E-state index in [1.54, 1.807) is 26.4 Å². The Hall–Kier alpha value is -3.09. The predicted molar refractivity (Wildman–Crippen MR) is 137 cm³/mol. The molecule has 0 aliphatic carbocycles. The minimum atomic E-state index is -0.270. The Bertz CT molecular complexity index is 1340. The summed E-state index contributed by atoms with van der Waals surface area (Å²) in [6.07, 6.45) is 0.855. The van der Waals surface area contributed by atoms with Crippen LogP contribution in [0.15, 0.2) is 65.1 Å². The number of rotatable bonds is 6. The highest BCUT2D eigenvalue weighted by Crippen LogP contribution is 2.37. The second-order valence-corrected chi connectivity index (χ2v) is 8.70. The number of pyridine rings is 1. The van der Waals surface area contributed by atoms with Crippen LogP contribution < -0.4 is 14.8 Å². The Morgan fingerprint density at radius 3 is 2.39 bits per heavy atom. The largest absolute Gasteiger partial charge is 0.495 e. The minimum Gasteiger partial charge on any atom is -0.495 e. The van der Waals surface area contributed by atoms with Crippen molar-refractivity contribution in [2.45, 2.75) is 13.3 Å². The lowest BCUT2D eigenvalue weighted by molar-refractivity contribution is 0.102. The number of anilines is 1. The summed E-state index contributed by atoms with van der Waals surface area (Å²) < 4.78 is 11.6. The molecule has 1 amide bonds. The fourth-order valence-electron chi connectivity index (χ4n) is 3.60. The van der Waals surface area contributed by atoms with Crippen LogP contribution in [-0.2, 0) is 6.42 Å². The number of aromatic nitrogens is 1. The van der Waals surface area contributed by atoms with E-state index in [-0.39, 0.29) is 5.91 Å². The molecule has 0 fully saturated rings. The highest BCUT2D eigenvalue weighted by atomic mass is 79.9. The van der Waals surface area contributed by atoms with Crippen molar-refractivity contribution in [2.75, 3.05) is 19.5 Å². The van der Waals surface area contributed by atoms with Gasteiger partial charge < -0.3 is 14.8 Å². The van der Waals surface area contributed by atoms with E-state index in [0.29, 0.717) is 33.5 Å². The number of aryl methyl sites for hydroxylation is 1. The third-order valence-corrected chi connectivity index (χ3v) is 6.26. The zero-order valence-corrected chi connectivity index (χ0v) is 20.8. The SMILES string of the molecule is CCc1ccc2nc(-c3ccc(Cl)cc3)cc(C(=O)Nc3cc(OC)c(Br)cc3OC)c2c1. The van der Waals surface area contributed by atoms with E-state index in [0.717, 1.165) is 32.9 Å². The van der Waals surface area contributed by atoms with Crippen LogP contribution >= 0.6 is 27.5 Å². The molecule has 0 radical (unpaired) electrons. The van der Waals surface area contributed by atoms with Crippen molar-refractivity contribution in [2.24, 2.45) is 0 Å². The second kappa shape index (κ2) is 9.81. The maximum Gasteiger partial charge on any atom is 0.256 e. The molecule has 168 valence electrons. The molecular formula is C26H22BrClN2O3. The summed E-state index contributed by atoms with van der Waals surface area (Å²) in [6, 6.07) is 18.7. The first-order valence-electron chi connectivity index (χ1n) is 10.4. The van der Waals surface area contributed by atoms with Crippen molar-refractivity contribution in [1.82, 2.24) is 4.98 Å². The Balaban J connectivity index is 1.84. The van der Waals surface area contributed by atoms with E-state index in [1.165, 1.54) is 0 Å². The lowest BCUT2D eigenvalue weighted by Gasteiger charge is -2.15. The summed E-state index contributed by atoms with van der Waals surface area (Å²) in [5.74, 6) is 0.830. The maximum atomic E-state index is 13.5. The van der Waals surface area contributed by atoms with Crippen molar-refractivity contribution in [1.29, 1.82) is 0 Å². The molecule has 7 heteroatoms. The molecule has 0 unspecified atom stereocenters. The van der Waals surface area contributed by atoms with Gasteiger partial charge in [-0.1, -0.05) is 36.7 Å². The lowest BCUT2D eigenvalue weighted by Crippen LogP contribution is -2.14. The molecule has 0 spiro atoms. The highest BCUT2D eigenvalue weighted by Gasteiger charge is 2.18. The maximum absolute atomic E-state index is 13.5. The number of nitrogens with one attached hydrogen (secondary N) is 1. The molecule has 4 aromatic rings. The molecule has 33 heavy (non-hydrogen) atoms. The smallest absolute Gasteiger partial charge is 0.256 e. The standard InChI is InChI=1S/C26H22BrClN2O3/c1-4-15-5-10-21-18(11-15)19(12-22(29-21)16-6-8-17(28)9-7-16)26(31)30-23-14-24(32-2)20(27)13-25(23)33-3/h5-14H,4H2,1-3H3,(H,30,31). The topological polar surface area (TPSA) is 60.5 Å². The van der Waals surface area contributed by atoms with E-state index in [4.69, 9.17) is 26.1 Å². The van der Waals surface area contributed by atoms with Gasteiger partial charge in [-0.25, -0.2) is 4.98 Å². The number of ether oxygens (including phenoxy) is 2. The summed E-state index contributed by atoms with van der Waals surface area (Å²) in [4.78, 5) is 18.3. The van der Waals surface area contributed by atoms with E-state index >= 15 is 0 Å². The monoisotopic (exact) mass is 524 g/mol. The molecule has 5 nitrogen and oxygen atoms in total. The third-order valence-electron chi connectivity index (χ3n) is 5.39. The van der Waals surface area contributed by atoms with Gasteiger partial charge in [-0.15, -0.1) is 0 Å². The van der Waals surface area contributed by atoms with Crippen LogP contribution in [-0.4, -0.2) is 25.1 Å². The van der Waals surface area contributed by atoms with Crippen molar-refractivity contribution in [3.8, 4) is 22.8 Å². The van der Waals surface area contributed by atoms with Crippen LogP contribution in [0, 0.1) is 0 Å². The molecule has 0 aliphatic heterocycles. The van der Waals surface area contributed by atoms with Gasteiger partial charge in [0.05, 0.1) is 41.2 Å². The molecule has 1 N–H and O–H groups in total. The van der Waals surface area contributed by atoms with Crippen LogP contribution in [0.3, 0.4) is 0 Å². The second-order valence-electron chi connectivity index (χ2n) is 7.41. The van der Waals surface area contributed by atoms with Crippen molar-refractivity contribution in [3.63, 3.8) is 0 Å². The van der Waals surface area contributed by atoms with Crippen LogP contribution in [0.25, 0.3) is 22.2 Å². The first-order chi connectivity index (χ1) is 15.9. The normalized spacial score (nSPS) is 10.8. The van der Waals surface area contributed by atoms with Crippen LogP contribution in [0.5, 0.6) is 11.5 Å². The number of carbonyl (C=O) groups is 1. The summed E-state index contributed by atoms with van der Waals surface area (Å²) in [5.41, 5.74) is 4.45. The Kier molecular flexibility index (Phi) is 6.86. The van der Waals surface area contributed by atoms with Gasteiger partial charge in [-0.3, -0.25) is 4.79 Å². The molecule has 0 aliphatic rings. The van der Waals surface area contributed by atoms with Gasteiger partial charge in [0.1, 0.15) is 11.5 Å². The number of nitrogens with zero attached hydrogens (tertiary/aromatic N) is 1. The molecular weight excluding hydrogens is 504 g/mol. The Morgan fingerprint density at radius 1 is 1.00 bits per heavy atom. The van der Waals surface area contributed by atoms with Gasteiger partial charge in [-0.2, -0.15) is 0 Å². The minimum absolute atomic E-state index is 0.270. The lowest BCUT2D eigenvalue weighted by atomic mass is 10.0. The molecule has 0 saturated heterocycles. The number of amides is 1. The van der Waals surface area contributed by atoms with Crippen LogP contribution in [0.1, 0.15) is 22.8 Å². The number of fused-ring (bicyclic) bond motifs is 1. The van der Waals surface area contributed by atoms with E-state index in [9.17, 15) is 4.79 Å². The summed E-state index contributed by atoms with van der Waals surface area (Å²) in [7, 11) is 3.12. The van der Waals surface area contributed by atoms with Crippen molar-refractivity contribution >= 4 is 50.0 Å².